The number of Topliss-reactive ketones (excluding diaryl/α,β-unsaturated/α-hetero) is 1. The minimum Gasteiger partial charge on any atom is -0.370 e. The van der Waals surface area contributed by atoms with Crippen LogP contribution in [0.1, 0.15) is 49.4 Å². The summed E-state index contributed by atoms with van der Waals surface area (Å²) in [5.74, 6) is -3.38. The number of nitrogens with one attached hydrogen (secondary N) is 1. The van der Waals surface area contributed by atoms with E-state index in [4.69, 9.17) is 21.9 Å². The van der Waals surface area contributed by atoms with Crippen LogP contribution in [-0.4, -0.2) is 45.8 Å². The summed E-state index contributed by atoms with van der Waals surface area (Å²) in [6, 6.07) is 1.45. The molecule has 156 valence electrons. The molecule has 0 radical (unpaired) electrons. The van der Waals surface area contributed by atoms with Crippen LogP contribution in [0, 0.1) is 18.8 Å². The van der Waals surface area contributed by atoms with Gasteiger partial charge in [0.05, 0.1) is 6.54 Å². The second-order valence-corrected chi connectivity index (χ2v) is 7.14. The lowest BCUT2D eigenvalue weighted by molar-refractivity contribution is -0.145. The number of hydrogen-bond donors (Lipinski definition) is 2. The molecule has 9 nitrogen and oxygen atoms in total. The van der Waals surface area contributed by atoms with Crippen LogP contribution in [0.5, 0.6) is 0 Å². The Morgan fingerprint density at radius 2 is 2.00 bits per heavy atom. The number of ketones is 1. The van der Waals surface area contributed by atoms with Crippen molar-refractivity contribution in [2.75, 3.05) is 6.54 Å². The van der Waals surface area contributed by atoms with Gasteiger partial charge in [0.1, 0.15) is 11.5 Å². The summed E-state index contributed by atoms with van der Waals surface area (Å²) >= 11 is 5.15. The van der Waals surface area contributed by atoms with Gasteiger partial charge in [0.15, 0.2) is 5.78 Å². The smallest absolute Gasteiger partial charge is 0.291 e. The van der Waals surface area contributed by atoms with Gasteiger partial charge in [-0.1, -0.05) is 30.6 Å². The molecule has 28 heavy (non-hydrogen) atoms. The molecule has 0 aliphatic carbocycles. The van der Waals surface area contributed by atoms with Crippen LogP contribution < -0.4 is 11.2 Å². The Morgan fingerprint density at radius 3 is 2.46 bits per heavy atom. The van der Waals surface area contributed by atoms with Crippen LogP contribution >= 0.6 is 11.6 Å². The summed E-state index contributed by atoms with van der Waals surface area (Å²) in [6.07, 6.45) is -0.165. The number of halogens is 2. The van der Waals surface area contributed by atoms with E-state index in [2.05, 4.69) is 10.6 Å². The number of nitrogens with zero attached hydrogens (tertiary/aromatic N) is 2. The van der Waals surface area contributed by atoms with Gasteiger partial charge < -0.3 is 10.3 Å². The average molecular weight is 419 g/mol. The van der Waals surface area contributed by atoms with Gasteiger partial charge in [0.2, 0.25) is 11.8 Å². The molecule has 2 atom stereocenters. The maximum atomic E-state index is 13.2. The van der Waals surface area contributed by atoms with E-state index < -0.39 is 35.1 Å². The van der Waals surface area contributed by atoms with Crippen LogP contribution in [-0.2, 0) is 14.4 Å². The first kappa shape index (κ1) is 23.5. The van der Waals surface area contributed by atoms with E-state index in [-0.39, 0.29) is 31.0 Å². The molecule has 1 aromatic rings. The molecule has 0 saturated carbocycles. The lowest BCUT2D eigenvalue weighted by Gasteiger charge is -2.26. The number of carbonyl (C=O) groups excluding carboxylic acids is 4. The highest BCUT2D eigenvalue weighted by Crippen LogP contribution is 2.19. The Balaban J connectivity index is 2.91. The quantitative estimate of drug-likeness (QED) is 0.335. The third-order valence-electron chi connectivity index (χ3n) is 3.75. The fraction of sp³-hybridized carbons (Fsp3) is 0.588. The summed E-state index contributed by atoms with van der Waals surface area (Å²) in [4.78, 5) is 47.8. The van der Waals surface area contributed by atoms with Gasteiger partial charge in [0, 0.05) is 24.8 Å². The Kier molecular flexibility index (Phi) is 9.04. The molecule has 0 spiro atoms. The van der Waals surface area contributed by atoms with Gasteiger partial charge in [0.25, 0.3) is 11.5 Å². The fourth-order valence-corrected chi connectivity index (χ4v) is 2.58. The second kappa shape index (κ2) is 10.7. The Labute approximate surface area is 166 Å². The van der Waals surface area contributed by atoms with E-state index in [0.29, 0.717) is 17.2 Å². The average Bonchev–Trinajstić information content (AvgIpc) is 3.03. The van der Waals surface area contributed by atoms with E-state index in [9.17, 15) is 23.6 Å². The molecular formula is C17H24ClFN4O5. The van der Waals surface area contributed by atoms with Crippen LogP contribution in [0.25, 0.3) is 0 Å². The van der Waals surface area contributed by atoms with E-state index in [0.717, 1.165) is 0 Å². The summed E-state index contributed by atoms with van der Waals surface area (Å²) in [5.41, 5.74) is 4.95. The monoisotopic (exact) mass is 418 g/mol. The molecule has 0 bridgehead atoms. The maximum Gasteiger partial charge on any atom is 0.291 e. The Hall–Kier alpha value is -2.49. The highest BCUT2D eigenvalue weighted by atomic mass is 35.5. The van der Waals surface area contributed by atoms with E-state index in [1.165, 1.54) is 6.07 Å². The van der Waals surface area contributed by atoms with Gasteiger partial charge in [-0.05, 0) is 19.3 Å². The van der Waals surface area contributed by atoms with Crippen molar-refractivity contribution >= 4 is 35.1 Å². The van der Waals surface area contributed by atoms with Crippen molar-refractivity contribution in [1.82, 2.24) is 15.6 Å². The zero-order valence-electron chi connectivity index (χ0n) is 15.9. The van der Waals surface area contributed by atoms with Gasteiger partial charge in [-0.3, -0.25) is 24.6 Å². The number of nitrogens with two attached hydrogens (primary N) is 1. The number of hydrogen-bond acceptors (Lipinski definition) is 6. The lowest BCUT2D eigenvalue weighted by Crippen LogP contribution is -2.51. The third-order valence-corrected chi connectivity index (χ3v) is 3.94. The number of amides is 3. The normalized spacial score (nSPS) is 13.1. The fourth-order valence-electron chi connectivity index (χ4n) is 2.46. The number of primary amides is 1. The van der Waals surface area contributed by atoms with Crippen molar-refractivity contribution in [2.45, 2.75) is 45.7 Å². The Bertz CT molecular complexity index is 722. The van der Waals surface area contributed by atoms with Crippen molar-refractivity contribution in [3.05, 3.63) is 17.5 Å². The molecule has 0 fully saturated rings. The van der Waals surface area contributed by atoms with Crippen LogP contribution in [0.3, 0.4) is 0 Å². The molecule has 0 unspecified atom stereocenters. The van der Waals surface area contributed by atoms with Crippen molar-refractivity contribution < 1.29 is 28.1 Å². The Morgan fingerprint density at radius 1 is 1.36 bits per heavy atom. The molecule has 3 N–H and O–H groups in total. The van der Waals surface area contributed by atoms with E-state index in [1.54, 1.807) is 6.92 Å². The predicted molar refractivity (Wildman–Crippen MR) is 97.5 cm³/mol. The van der Waals surface area contributed by atoms with Crippen LogP contribution in [0.2, 0.25) is 0 Å². The third kappa shape index (κ3) is 7.63. The predicted octanol–water partition coefficient (Wildman–Crippen LogP) is 1.49. The molecule has 11 heteroatoms. The topological polar surface area (TPSA) is 136 Å². The van der Waals surface area contributed by atoms with Gasteiger partial charge in [-0.25, -0.2) is 9.40 Å². The lowest BCUT2D eigenvalue weighted by atomic mass is 9.91. The highest BCUT2D eigenvalue weighted by Gasteiger charge is 2.29. The summed E-state index contributed by atoms with van der Waals surface area (Å²) in [7, 11) is 0. The standard InChI is InChI=1S/C17H24ClFN4O5/c1-9(2)6-11(8-13(24)12-7-10(3)28-22-12)16(26)21-23(5-4-14(20)25)17(27)15(18)19/h7,9,11,15H,4-6,8H2,1-3H3,(H2,20,25)(H,21,26)/t11-,15+/m1/s1. The van der Waals surface area contributed by atoms with Crippen molar-refractivity contribution in [2.24, 2.45) is 17.6 Å². The molecule has 1 heterocycles. The van der Waals surface area contributed by atoms with Gasteiger partial charge >= 0.3 is 0 Å². The first-order chi connectivity index (χ1) is 13.0. The first-order valence-electron chi connectivity index (χ1n) is 8.66. The number of aromatic nitrogens is 1. The summed E-state index contributed by atoms with van der Waals surface area (Å²) < 4.78 is 18.1. The zero-order chi connectivity index (χ0) is 21.4. The second-order valence-electron chi connectivity index (χ2n) is 6.76. The SMILES string of the molecule is Cc1cc(C(=O)C[C@@H](CC(C)C)C(=O)NN(CCC(N)=O)C(=O)[C@H](F)Cl)no1. The maximum absolute atomic E-state index is 13.2. The van der Waals surface area contributed by atoms with Crippen LogP contribution in [0.15, 0.2) is 10.6 Å². The number of alkyl halides is 2. The largest absolute Gasteiger partial charge is 0.370 e. The van der Waals surface area contributed by atoms with Crippen LogP contribution in [0.4, 0.5) is 4.39 Å². The van der Waals surface area contributed by atoms with Gasteiger partial charge in [-0.2, -0.15) is 0 Å². The molecule has 0 aliphatic heterocycles. The number of aryl methyl sites for hydroxylation is 1. The minimum atomic E-state index is -2.41. The molecule has 0 saturated heterocycles. The van der Waals surface area contributed by atoms with Crippen molar-refractivity contribution in [3.8, 4) is 0 Å². The molecule has 3 amide bonds. The molecule has 0 aliphatic rings. The first-order valence-corrected chi connectivity index (χ1v) is 9.09. The zero-order valence-corrected chi connectivity index (χ0v) is 16.7. The molecular weight excluding hydrogens is 395 g/mol. The number of carbonyl (C=O) groups is 4. The molecule has 1 aromatic heterocycles. The van der Waals surface area contributed by atoms with Crippen molar-refractivity contribution in [1.29, 1.82) is 0 Å². The molecule has 1 rings (SSSR count). The van der Waals surface area contributed by atoms with Crippen molar-refractivity contribution in [3.63, 3.8) is 0 Å². The molecule has 0 aromatic carbocycles. The summed E-state index contributed by atoms with van der Waals surface area (Å²) in [5, 5.41) is 4.23. The van der Waals surface area contributed by atoms with Gasteiger partial charge in [-0.15, -0.1) is 0 Å². The minimum absolute atomic E-state index is 0.0549. The summed E-state index contributed by atoms with van der Waals surface area (Å²) in [6.45, 7) is 5.00. The van der Waals surface area contributed by atoms with E-state index >= 15 is 0 Å². The van der Waals surface area contributed by atoms with E-state index in [1.807, 2.05) is 13.8 Å². The highest BCUT2D eigenvalue weighted by molar-refractivity contribution is 6.29. The number of rotatable bonds is 10. The number of hydrazine groups is 1.